The van der Waals surface area contributed by atoms with Crippen molar-refractivity contribution in [2.75, 3.05) is 31.3 Å². The first-order valence-corrected chi connectivity index (χ1v) is 5.29. The van der Waals surface area contributed by atoms with Crippen LogP contribution in [0.1, 0.15) is 13.8 Å². The lowest BCUT2D eigenvalue weighted by atomic mass is 10.4. The molecule has 0 aliphatic heterocycles. The third-order valence-electron chi connectivity index (χ3n) is 1.96. The first-order valence-electron chi connectivity index (χ1n) is 5.29. The van der Waals surface area contributed by atoms with Crippen molar-refractivity contribution in [1.29, 1.82) is 0 Å². The topological polar surface area (TPSA) is 69.4 Å². The molecule has 0 aliphatic carbocycles. The molecule has 0 fully saturated rings. The van der Waals surface area contributed by atoms with E-state index in [9.17, 15) is 0 Å². The third kappa shape index (κ3) is 3.94. The summed E-state index contributed by atoms with van der Waals surface area (Å²) in [5.74, 6) is 1.17. The highest BCUT2D eigenvalue weighted by Gasteiger charge is 2.02. The van der Waals surface area contributed by atoms with Crippen LogP contribution in [0.4, 0.5) is 11.5 Å². The Labute approximate surface area is 96.0 Å². The second-order valence-electron chi connectivity index (χ2n) is 3.64. The number of pyridine rings is 1. The molecule has 0 aromatic carbocycles. The molecule has 0 amide bonds. The van der Waals surface area contributed by atoms with E-state index in [1.807, 2.05) is 13.8 Å². The Hall–Kier alpha value is -1.49. The fourth-order valence-electron chi connectivity index (χ4n) is 1.17. The van der Waals surface area contributed by atoms with Gasteiger partial charge in [0.15, 0.2) is 5.82 Å². The molecule has 0 radical (unpaired) electrons. The summed E-state index contributed by atoms with van der Waals surface area (Å²) >= 11 is 0. The zero-order valence-corrected chi connectivity index (χ0v) is 9.99. The van der Waals surface area contributed by atoms with Crippen molar-refractivity contribution in [2.24, 2.45) is 0 Å². The molecule has 0 aliphatic rings. The molecule has 16 heavy (non-hydrogen) atoms. The molecule has 1 aromatic heterocycles. The van der Waals surface area contributed by atoms with Gasteiger partial charge in [-0.2, -0.15) is 4.98 Å². The summed E-state index contributed by atoms with van der Waals surface area (Å²) in [6, 6.07) is 3.49. The van der Waals surface area contributed by atoms with E-state index in [0.717, 1.165) is 0 Å². The fourth-order valence-corrected chi connectivity index (χ4v) is 1.17. The van der Waals surface area contributed by atoms with Crippen LogP contribution in [-0.2, 0) is 4.74 Å². The van der Waals surface area contributed by atoms with Crippen LogP contribution in [0.25, 0.3) is 0 Å². The second kappa shape index (κ2) is 6.17. The van der Waals surface area contributed by atoms with Crippen LogP contribution in [0.2, 0.25) is 0 Å². The van der Waals surface area contributed by atoms with Crippen molar-refractivity contribution >= 4 is 11.5 Å². The van der Waals surface area contributed by atoms with E-state index in [1.165, 1.54) is 0 Å². The summed E-state index contributed by atoms with van der Waals surface area (Å²) in [7, 11) is 1.57. The van der Waals surface area contributed by atoms with Gasteiger partial charge in [0.25, 0.3) is 0 Å². The molecule has 5 heteroatoms. The molecule has 0 spiro atoms. The fraction of sp³-hybridized carbons (Fsp3) is 0.545. The number of hydrogen-bond acceptors (Lipinski definition) is 5. The average Bonchev–Trinajstić information content (AvgIpc) is 2.26. The van der Waals surface area contributed by atoms with E-state index < -0.39 is 0 Å². The molecule has 0 unspecified atom stereocenters. The van der Waals surface area contributed by atoms with Gasteiger partial charge in [0.05, 0.1) is 25.5 Å². The average molecular weight is 225 g/mol. The number of rotatable bonds is 6. The molecule has 5 nitrogen and oxygen atoms in total. The number of methoxy groups -OCH3 is 1. The predicted octanol–water partition coefficient (Wildman–Crippen LogP) is 1.51. The molecule has 3 N–H and O–H groups in total. The molecule has 90 valence electrons. The van der Waals surface area contributed by atoms with E-state index in [1.54, 1.807) is 19.2 Å². The van der Waals surface area contributed by atoms with E-state index in [0.29, 0.717) is 30.5 Å². The lowest BCUT2D eigenvalue weighted by Crippen LogP contribution is -2.14. The van der Waals surface area contributed by atoms with Gasteiger partial charge in [0.1, 0.15) is 0 Å². The van der Waals surface area contributed by atoms with Crippen molar-refractivity contribution in [3.8, 4) is 5.88 Å². The highest BCUT2D eigenvalue weighted by atomic mass is 16.5. The van der Waals surface area contributed by atoms with Crippen LogP contribution in [0.3, 0.4) is 0 Å². The number of nitrogen functional groups attached to an aromatic ring is 1. The summed E-state index contributed by atoms with van der Waals surface area (Å²) in [5.41, 5.74) is 6.37. The van der Waals surface area contributed by atoms with Gasteiger partial charge in [-0.25, -0.2) is 0 Å². The number of aromatic nitrogens is 1. The first kappa shape index (κ1) is 12.6. The van der Waals surface area contributed by atoms with Gasteiger partial charge in [0.2, 0.25) is 5.88 Å². The van der Waals surface area contributed by atoms with Crippen LogP contribution in [0.15, 0.2) is 12.1 Å². The van der Waals surface area contributed by atoms with Crippen LogP contribution >= 0.6 is 0 Å². The number of ether oxygens (including phenoxy) is 2. The van der Waals surface area contributed by atoms with Crippen molar-refractivity contribution < 1.29 is 9.47 Å². The monoisotopic (exact) mass is 225 g/mol. The molecular formula is C11H19N3O2. The molecule has 1 rings (SSSR count). The number of nitrogens with two attached hydrogens (primary N) is 1. The number of nitrogens with one attached hydrogen (secondary N) is 1. The van der Waals surface area contributed by atoms with E-state index in [2.05, 4.69) is 10.3 Å². The largest absolute Gasteiger partial charge is 0.481 e. The van der Waals surface area contributed by atoms with E-state index in [4.69, 9.17) is 15.2 Å². The Bertz CT molecular complexity index is 329. The molecule has 0 bridgehead atoms. The van der Waals surface area contributed by atoms with Gasteiger partial charge in [-0.15, -0.1) is 0 Å². The Morgan fingerprint density at radius 3 is 2.81 bits per heavy atom. The van der Waals surface area contributed by atoms with Crippen LogP contribution in [0.5, 0.6) is 5.88 Å². The maximum Gasteiger partial charge on any atom is 0.215 e. The smallest absolute Gasteiger partial charge is 0.215 e. The number of anilines is 2. The molecule has 0 atom stereocenters. The van der Waals surface area contributed by atoms with E-state index >= 15 is 0 Å². The molecule has 0 saturated heterocycles. The van der Waals surface area contributed by atoms with Crippen molar-refractivity contribution in [3.63, 3.8) is 0 Å². The summed E-state index contributed by atoms with van der Waals surface area (Å²) in [5, 5.41) is 3.10. The lowest BCUT2D eigenvalue weighted by molar-refractivity contribution is 0.0870. The summed E-state index contributed by atoms with van der Waals surface area (Å²) in [6.07, 6.45) is 0.234. The van der Waals surface area contributed by atoms with Crippen molar-refractivity contribution in [3.05, 3.63) is 12.1 Å². The van der Waals surface area contributed by atoms with Crippen LogP contribution in [0, 0.1) is 0 Å². The Balaban J connectivity index is 2.46. The van der Waals surface area contributed by atoms with Crippen molar-refractivity contribution in [2.45, 2.75) is 20.0 Å². The number of hydrogen-bond donors (Lipinski definition) is 2. The Morgan fingerprint density at radius 1 is 1.44 bits per heavy atom. The Kier molecular flexibility index (Phi) is 4.85. The molecule has 0 saturated carbocycles. The van der Waals surface area contributed by atoms with Gasteiger partial charge < -0.3 is 20.5 Å². The summed E-state index contributed by atoms with van der Waals surface area (Å²) < 4.78 is 10.4. The van der Waals surface area contributed by atoms with Crippen molar-refractivity contribution in [1.82, 2.24) is 4.98 Å². The van der Waals surface area contributed by atoms with Gasteiger partial charge in [-0.05, 0) is 19.9 Å². The predicted molar refractivity (Wildman–Crippen MR) is 64.8 cm³/mol. The van der Waals surface area contributed by atoms with Gasteiger partial charge >= 0.3 is 0 Å². The van der Waals surface area contributed by atoms with Gasteiger partial charge in [0, 0.05) is 12.6 Å². The van der Waals surface area contributed by atoms with E-state index in [-0.39, 0.29) is 6.10 Å². The maximum absolute atomic E-state index is 5.76. The minimum atomic E-state index is 0.234. The standard InChI is InChI=1S/C11H19N3O2/c1-8(2)16-7-6-13-11-9(12)4-5-10(14-11)15-3/h4-5,8H,6-7,12H2,1-3H3,(H,13,14). The summed E-state index contributed by atoms with van der Waals surface area (Å²) in [6.45, 7) is 5.29. The number of nitrogens with zero attached hydrogens (tertiary/aromatic N) is 1. The van der Waals surface area contributed by atoms with Crippen LogP contribution in [-0.4, -0.2) is 31.3 Å². The SMILES string of the molecule is COc1ccc(N)c(NCCOC(C)C)n1. The zero-order valence-electron chi connectivity index (χ0n) is 9.99. The third-order valence-corrected chi connectivity index (χ3v) is 1.96. The lowest BCUT2D eigenvalue weighted by Gasteiger charge is -2.11. The maximum atomic E-state index is 5.76. The van der Waals surface area contributed by atoms with Gasteiger partial charge in [-0.1, -0.05) is 0 Å². The quantitative estimate of drug-likeness (QED) is 0.718. The second-order valence-corrected chi connectivity index (χ2v) is 3.64. The minimum absolute atomic E-state index is 0.234. The molecule has 1 aromatic rings. The highest BCUT2D eigenvalue weighted by Crippen LogP contribution is 2.18. The van der Waals surface area contributed by atoms with Gasteiger partial charge in [-0.3, -0.25) is 0 Å². The normalized spacial score (nSPS) is 10.5. The minimum Gasteiger partial charge on any atom is -0.481 e. The summed E-state index contributed by atoms with van der Waals surface area (Å²) in [4.78, 5) is 4.19. The first-order chi connectivity index (χ1) is 7.63. The molecular weight excluding hydrogens is 206 g/mol. The molecule has 1 heterocycles. The Morgan fingerprint density at radius 2 is 2.19 bits per heavy atom. The zero-order chi connectivity index (χ0) is 12.0. The highest BCUT2D eigenvalue weighted by molar-refractivity contribution is 5.61. The van der Waals surface area contributed by atoms with Crippen LogP contribution < -0.4 is 15.8 Å².